The number of hydrogen-bond donors (Lipinski definition) is 1. The predicted octanol–water partition coefficient (Wildman–Crippen LogP) is 3.88. The highest BCUT2D eigenvalue weighted by molar-refractivity contribution is 9.10. The molecular weight excluding hydrogens is 268 g/mol. The molecule has 1 N–H and O–H groups in total. The summed E-state index contributed by atoms with van der Waals surface area (Å²) in [6.45, 7) is 1.89. The van der Waals surface area contributed by atoms with E-state index in [-0.39, 0.29) is 0 Å². The zero-order valence-electron chi connectivity index (χ0n) is 8.77. The van der Waals surface area contributed by atoms with Crippen molar-refractivity contribution in [3.63, 3.8) is 0 Å². The van der Waals surface area contributed by atoms with E-state index in [1.54, 1.807) is 6.26 Å². The Morgan fingerprint density at radius 1 is 1.25 bits per heavy atom. The molecule has 0 atom stereocenters. The second kappa shape index (κ2) is 4.99. The number of nitrogens with zero attached hydrogens (tertiary/aromatic N) is 1. The molecule has 2 rings (SSSR count). The summed E-state index contributed by atoms with van der Waals surface area (Å²) < 4.78 is 6.21. The molecule has 0 spiro atoms. The van der Waals surface area contributed by atoms with Crippen LogP contribution in [-0.2, 0) is 0 Å². The van der Waals surface area contributed by atoms with Crippen molar-refractivity contribution in [3.05, 3.63) is 52.9 Å². The van der Waals surface area contributed by atoms with Crippen molar-refractivity contribution in [2.24, 2.45) is 5.10 Å². The lowest BCUT2D eigenvalue weighted by Gasteiger charge is -2.03. The third kappa shape index (κ3) is 2.52. The number of benzene rings is 1. The molecule has 1 aromatic carbocycles. The lowest BCUT2D eigenvalue weighted by atomic mass is 10.3. The maximum Gasteiger partial charge on any atom is 0.149 e. The molecule has 0 aliphatic heterocycles. The largest absolute Gasteiger partial charge is 0.463 e. The maximum absolute atomic E-state index is 5.23. The Kier molecular flexibility index (Phi) is 3.41. The number of furan rings is 1. The number of para-hydroxylation sites is 1. The molecule has 4 heteroatoms. The van der Waals surface area contributed by atoms with Crippen LogP contribution in [0, 0.1) is 0 Å². The fraction of sp³-hybridized carbons (Fsp3) is 0.0833. The van der Waals surface area contributed by atoms with Crippen LogP contribution in [0.5, 0.6) is 0 Å². The van der Waals surface area contributed by atoms with Crippen LogP contribution in [-0.4, -0.2) is 5.71 Å². The Hall–Kier alpha value is -1.55. The van der Waals surface area contributed by atoms with E-state index in [0.29, 0.717) is 0 Å². The van der Waals surface area contributed by atoms with Crippen molar-refractivity contribution < 1.29 is 4.42 Å². The third-order valence-electron chi connectivity index (χ3n) is 2.10. The summed E-state index contributed by atoms with van der Waals surface area (Å²) in [6, 6.07) is 11.5. The van der Waals surface area contributed by atoms with Gasteiger partial charge in [-0.2, -0.15) is 5.10 Å². The van der Waals surface area contributed by atoms with E-state index in [9.17, 15) is 0 Å². The molecular formula is C12H11BrN2O. The molecule has 0 saturated heterocycles. The van der Waals surface area contributed by atoms with E-state index < -0.39 is 0 Å². The van der Waals surface area contributed by atoms with Crippen LogP contribution in [0.3, 0.4) is 0 Å². The summed E-state index contributed by atoms with van der Waals surface area (Å²) in [4.78, 5) is 0. The maximum atomic E-state index is 5.23. The first kappa shape index (κ1) is 11.0. The second-order valence-electron chi connectivity index (χ2n) is 3.27. The molecule has 0 fully saturated rings. The number of hydrogen-bond acceptors (Lipinski definition) is 3. The predicted molar refractivity (Wildman–Crippen MR) is 68.7 cm³/mol. The van der Waals surface area contributed by atoms with Gasteiger partial charge in [-0.3, -0.25) is 5.43 Å². The summed E-state index contributed by atoms with van der Waals surface area (Å²) in [7, 11) is 0. The smallest absolute Gasteiger partial charge is 0.149 e. The van der Waals surface area contributed by atoms with Gasteiger partial charge in [0.2, 0.25) is 0 Å². The molecule has 1 heterocycles. The highest BCUT2D eigenvalue weighted by atomic mass is 79.9. The van der Waals surface area contributed by atoms with Crippen molar-refractivity contribution in [2.45, 2.75) is 6.92 Å². The van der Waals surface area contributed by atoms with E-state index >= 15 is 0 Å². The van der Waals surface area contributed by atoms with Crippen molar-refractivity contribution >= 4 is 27.3 Å². The van der Waals surface area contributed by atoms with Gasteiger partial charge in [-0.25, -0.2) is 0 Å². The average Bonchev–Trinajstić information content (AvgIpc) is 2.81. The Labute approximate surface area is 102 Å². The van der Waals surface area contributed by atoms with Crippen molar-refractivity contribution in [1.29, 1.82) is 0 Å². The number of anilines is 1. The van der Waals surface area contributed by atoms with Gasteiger partial charge in [-0.15, -0.1) is 0 Å². The minimum atomic E-state index is 0.763. The van der Waals surface area contributed by atoms with E-state index in [1.165, 1.54) is 0 Å². The molecule has 2 aromatic rings. The molecule has 0 aliphatic rings. The van der Waals surface area contributed by atoms with Gasteiger partial charge in [0.25, 0.3) is 0 Å². The number of hydrazone groups is 1. The van der Waals surface area contributed by atoms with Crippen LogP contribution in [0.25, 0.3) is 0 Å². The van der Waals surface area contributed by atoms with Crippen LogP contribution >= 0.6 is 15.9 Å². The normalized spacial score (nSPS) is 11.5. The van der Waals surface area contributed by atoms with Gasteiger partial charge in [0.1, 0.15) is 11.5 Å². The van der Waals surface area contributed by atoms with Gasteiger partial charge in [-0.05, 0) is 47.1 Å². The highest BCUT2D eigenvalue weighted by Gasteiger charge is 2.00. The summed E-state index contributed by atoms with van der Waals surface area (Å²) in [5.74, 6) is 0.763. The number of halogens is 1. The molecule has 0 aliphatic carbocycles. The molecule has 82 valence electrons. The van der Waals surface area contributed by atoms with Crippen LogP contribution < -0.4 is 5.43 Å². The van der Waals surface area contributed by atoms with E-state index in [2.05, 4.69) is 26.5 Å². The van der Waals surface area contributed by atoms with Crippen LogP contribution in [0.1, 0.15) is 12.7 Å². The lowest BCUT2D eigenvalue weighted by Crippen LogP contribution is -1.98. The lowest BCUT2D eigenvalue weighted by molar-refractivity contribution is 0.557. The monoisotopic (exact) mass is 278 g/mol. The average molecular weight is 279 g/mol. The van der Waals surface area contributed by atoms with Gasteiger partial charge in [-0.1, -0.05) is 12.1 Å². The fourth-order valence-corrected chi connectivity index (χ4v) is 1.61. The van der Waals surface area contributed by atoms with Gasteiger partial charge < -0.3 is 4.42 Å². The van der Waals surface area contributed by atoms with E-state index in [0.717, 1.165) is 21.6 Å². The highest BCUT2D eigenvalue weighted by Crippen LogP contribution is 2.21. The Morgan fingerprint density at radius 2 is 2.06 bits per heavy atom. The number of rotatable bonds is 3. The van der Waals surface area contributed by atoms with Crippen molar-refractivity contribution in [3.8, 4) is 0 Å². The van der Waals surface area contributed by atoms with Gasteiger partial charge in [0.05, 0.1) is 12.0 Å². The van der Waals surface area contributed by atoms with Crippen LogP contribution in [0.2, 0.25) is 0 Å². The topological polar surface area (TPSA) is 37.5 Å². The van der Waals surface area contributed by atoms with Crippen LogP contribution in [0.4, 0.5) is 5.69 Å². The number of nitrogens with one attached hydrogen (secondary N) is 1. The molecule has 0 bridgehead atoms. The molecule has 0 unspecified atom stereocenters. The minimum absolute atomic E-state index is 0.763. The summed E-state index contributed by atoms with van der Waals surface area (Å²) in [6.07, 6.45) is 1.63. The first-order chi connectivity index (χ1) is 7.77. The summed E-state index contributed by atoms with van der Waals surface area (Å²) >= 11 is 3.44. The zero-order chi connectivity index (χ0) is 11.4. The van der Waals surface area contributed by atoms with Gasteiger partial charge >= 0.3 is 0 Å². The molecule has 0 radical (unpaired) electrons. The molecule has 0 amide bonds. The SMILES string of the molecule is C/C(=N\Nc1ccccc1Br)c1ccco1. The summed E-state index contributed by atoms with van der Waals surface area (Å²) in [5, 5.41) is 4.24. The first-order valence-corrected chi connectivity index (χ1v) is 5.65. The standard InChI is InChI=1S/C12H11BrN2O/c1-9(12-7-4-8-16-12)14-15-11-6-3-2-5-10(11)13/h2-8,15H,1H3/b14-9+. The van der Waals surface area contributed by atoms with E-state index in [4.69, 9.17) is 4.42 Å². The van der Waals surface area contributed by atoms with Crippen LogP contribution in [0.15, 0.2) is 56.7 Å². The third-order valence-corrected chi connectivity index (χ3v) is 2.79. The summed E-state index contributed by atoms with van der Waals surface area (Å²) in [5.41, 5.74) is 4.71. The molecule has 3 nitrogen and oxygen atoms in total. The Morgan fingerprint density at radius 3 is 2.75 bits per heavy atom. The Bertz CT molecular complexity index is 491. The second-order valence-corrected chi connectivity index (χ2v) is 4.12. The fourth-order valence-electron chi connectivity index (χ4n) is 1.24. The van der Waals surface area contributed by atoms with Crippen molar-refractivity contribution in [2.75, 3.05) is 5.43 Å². The molecule has 16 heavy (non-hydrogen) atoms. The molecule has 0 saturated carbocycles. The van der Waals surface area contributed by atoms with E-state index in [1.807, 2.05) is 43.3 Å². The minimum Gasteiger partial charge on any atom is -0.463 e. The quantitative estimate of drug-likeness (QED) is 0.684. The Balaban J connectivity index is 2.13. The van der Waals surface area contributed by atoms with Gasteiger partial charge in [0.15, 0.2) is 0 Å². The first-order valence-electron chi connectivity index (χ1n) is 4.86. The molecule has 1 aromatic heterocycles. The van der Waals surface area contributed by atoms with Crippen molar-refractivity contribution in [1.82, 2.24) is 0 Å². The zero-order valence-corrected chi connectivity index (χ0v) is 10.4. The van der Waals surface area contributed by atoms with Gasteiger partial charge in [0, 0.05) is 4.47 Å².